The number of aliphatic hydroxyl groups excluding tert-OH is 2. The van der Waals surface area contributed by atoms with Crippen molar-refractivity contribution in [1.82, 2.24) is 0 Å². The molecule has 3 heteroatoms. The van der Waals surface area contributed by atoms with Crippen LogP contribution < -0.4 is 5.73 Å². The van der Waals surface area contributed by atoms with Crippen molar-refractivity contribution in [3.8, 4) is 0 Å². The van der Waals surface area contributed by atoms with E-state index in [-0.39, 0.29) is 6.61 Å². The third-order valence-corrected chi connectivity index (χ3v) is 2.20. The van der Waals surface area contributed by atoms with E-state index < -0.39 is 6.10 Å². The lowest BCUT2D eigenvalue weighted by Gasteiger charge is -2.09. The summed E-state index contributed by atoms with van der Waals surface area (Å²) >= 11 is 0. The smallest absolute Gasteiger partial charge is 0.0811 e. The van der Waals surface area contributed by atoms with E-state index in [1.165, 1.54) is 5.56 Å². The summed E-state index contributed by atoms with van der Waals surface area (Å²) in [4.78, 5) is 0. The molecule has 0 aliphatic rings. The minimum absolute atomic E-state index is 0.00567. The van der Waals surface area contributed by atoms with Crippen LogP contribution >= 0.6 is 0 Å². The summed E-state index contributed by atoms with van der Waals surface area (Å²) in [6, 6.07) is 7.68. The average molecular weight is 195 g/mol. The first kappa shape index (κ1) is 11.2. The topological polar surface area (TPSA) is 66.5 Å². The summed E-state index contributed by atoms with van der Waals surface area (Å²) in [7, 11) is 0. The first-order valence-electron chi connectivity index (χ1n) is 4.85. The van der Waals surface area contributed by atoms with E-state index in [0.29, 0.717) is 13.0 Å². The van der Waals surface area contributed by atoms with Gasteiger partial charge >= 0.3 is 0 Å². The van der Waals surface area contributed by atoms with E-state index >= 15 is 0 Å². The van der Waals surface area contributed by atoms with Crippen LogP contribution in [-0.4, -0.2) is 23.4 Å². The average Bonchev–Trinajstić information content (AvgIpc) is 2.20. The van der Waals surface area contributed by atoms with Crippen molar-refractivity contribution in [1.29, 1.82) is 0 Å². The number of benzene rings is 1. The van der Waals surface area contributed by atoms with Crippen molar-refractivity contribution < 1.29 is 10.2 Å². The van der Waals surface area contributed by atoms with Gasteiger partial charge in [0, 0.05) is 13.0 Å². The lowest BCUT2D eigenvalue weighted by atomic mass is 10.0. The number of hydrogen-bond donors (Lipinski definition) is 3. The first-order chi connectivity index (χ1) is 6.77. The van der Waals surface area contributed by atoms with Crippen molar-refractivity contribution in [2.75, 3.05) is 13.2 Å². The van der Waals surface area contributed by atoms with Crippen molar-refractivity contribution in [3.63, 3.8) is 0 Å². The van der Waals surface area contributed by atoms with Gasteiger partial charge in [0.25, 0.3) is 0 Å². The van der Waals surface area contributed by atoms with E-state index in [1.54, 1.807) is 0 Å². The van der Waals surface area contributed by atoms with Gasteiger partial charge in [0.05, 0.1) is 6.10 Å². The molecule has 0 bridgehead atoms. The first-order valence-corrected chi connectivity index (χ1v) is 4.85. The van der Waals surface area contributed by atoms with Crippen LogP contribution in [0.2, 0.25) is 0 Å². The van der Waals surface area contributed by atoms with Gasteiger partial charge in [-0.05, 0) is 24.1 Å². The fraction of sp³-hybridized carbons (Fsp3) is 0.455. The standard InChI is InChI=1S/C11H17NO2/c12-7-5-9-1-3-10(4-2-9)11(14)6-8-13/h1-4,11,13-14H,5-8,12H2. The van der Waals surface area contributed by atoms with Gasteiger partial charge in [-0.1, -0.05) is 24.3 Å². The van der Waals surface area contributed by atoms with Crippen LogP contribution in [0.25, 0.3) is 0 Å². The highest BCUT2D eigenvalue weighted by molar-refractivity contribution is 5.24. The molecule has 0 fully saturated rings. The van der Waals surface area contributed by atoms with E-state index in [9.17, 15) is 5.11 Å². The quantitative estimate of drug-likeness (QED) is 0.644. The number of hydrogen-bond acceptors (Lipinski definition) is 3. The maximum atomic E-state index is 9.56. The molecule has 1 atom stereocenters. The Balaban J connectivity index is 2.62. The van der Waals surface area contributed by atoms with Gasteiger partial charge < -0.3 is 15.9 Å². The Morgan fingerprint density at radius 3 is 2.36 bits per heavy atom. The predicted octanol–water partition coefficient (Wildman–Crippen LogP) is 0.604. The Kier molecular flexibility index (Phi) is 4.59. The fourth-order valence-electron chi connectivity index (χ4n) is 1.36. The Labute approximate surface area is 84.2 Å². The summed E-state index contributed by atoms with van der Waals surface area (Å²) in [5.74, 6) is 0. The van der Waals surface area contributed by atoms with Crippen LogP contribution in [0.3, 0.4) is 0 Å². The Bertz CT molecular complexity index is 258. The lowest BCUT2D eigenvalue weighted by molar-refractivity contribution is 0.134. The van der Waals surface area contributed by atoms with Crippen LogP contribution in [0, 0.1) is 0 Å². The Morgan fingerprint density at radius 2 is 1.86 bits per heavy atom. The summed E-state index contributed by atoms with van der Waals surface area (Å²) in [5, 5.41) is 18.2. The highest BCUT2D eigenvalue weighted by atomic mass is 16.3. The molecule has 78 valence electrons. The lowest BCUT2D eigenvalue weighted by Crippen LogP contribution is -2.03. The second kappa shape index (κ2) is 5.75. The normalized spacial score (nSPS) is 12.8. The van der Waals surface area contributed by atoms with Gasteiger partial charge in [0.2, 0.25) is 0 Å². The SMILES string of the molecule is NCCc1ccc(C(O)CCO)cc1. The number of aliphatic hydroxyl groups is 2. The van der Waals surface area contributed by atoms with E-state index in [2.05, 4.69) is 0 Å². The highest BCUT2D eigenvalue weighted by Crippen LogP contribution is 2.16. The molecule has 0 heterocycles. The van der Waals surface area contributed by atoms with Crippen molar-refractivity contribution >= 4 is 0 Å². The molecule has 0 saturated heterocycles. The van der Waals surface area contributed by atoms with E-state index in [0.717, 1.165) is 12.0 Å². The molecule has 0 aliphatic carbocycles. The summed E-state index contributed by atoms with van der Waals surface area (Å²) in [6.45, 7) is 0.643. The van der Waals surface area contributed by atoms with Crippen LogP contribution in [0.15, 0.2) is 24.3 Å². The Hall–Kier alpha value is -0.900. The molecule has 0 radical (unpaired) electrons. The van der Waals surface area contributed by atoms with Crippen LogP contribution in [-0.2, 0) is 6.42 Å². The second-order valence-corrected chi connectivity index (χ2v) is 3.31. The van der Waals surface area contributed by atoms with Crippen LogP contribution in [0.4, 0.5) is 0 Å². The molecule has 1 rings (SSSR count). The molecule has 0 spiro atoms. The summed E-state index contributed by atoms with van der Waals surface area (Å²) in [6.07, 6.45) is 0.680. The number of rotatable bonds is 5. The second-order valence-electron chi connectivity index (χ2n) is 3.31. The molecule has 0 aliphatic heterocycles. The molecule has 0 amide bonds. The van der Waals surface area contributed by atoms with Gasteiger partial charge in [0.1, 0.15) is 0 Å². The van der Waals surface area contributed by atoms with Crippen molar-refractivity contribution in [2.45, 2.75) is 18.9 Å². The zero-order valence-corrected chi connectivity index (χ0v) is 8.19. The predicted molar refractivity (Wildman–Crippen MR) is 55.9 cm³/mol. The van der Waals surface area contributed by atoms with Crippen molar-refractivity contribution in [3.05, 3.63) is 35.4 Å². The van der Waals surface area contributed by atoms with Crippen molar-refractivity contribution in [2.24, 2.45) is 5.73 Å². The van der Waals surface area contributed by atoms with Gasteiger partial charge in [0.15, 0.2) is 0 Å². The molecule has 0 aromatic heterocycles. The van der Waals surface area contributed by atoms with Gasteiger partial charge in [-0.3, -0.25) is 0 Å². The molecule has 3 nitrogen and oxygen atoms in total. The van der Waals surface area contributed by atoms with Crippen LogP contribution in [0.5, 0.6) is 0 Å². The molecular weight excluding hydrogens is 178 g/mol. The minimum atomic E-state index is -0.563. The number of nitrogens with two attached hydrogens (primary N) is 1. The zero-order valence-electron chi connectivity index (χ0n) is 8.19. The molecule has 1 unspecified atom stereocenters. The van der Waals surface area contributed by atoms with E-state index in [4.69, 9.17) is 10.8 Å². The van der Waals surface area contributed by atoms with Gasteiger partial charge in [-0.2, -0.15) is 0 Å². The summed E-state index contributed by atoms with van der Waals surface area (Å²) in [5.41, 5.74) is 7.44. The van der Waals surface area contributed by atoms with Gasteiger partial charge in [-0.25, -0.2) is 0 Å². The van der Waals surface area contributed by atoms with E-state index in [1.807, 2.05) is 24.3 Å². The van der Waals surface area contributed by atoms with Gasteiger partial charge in [-0.15, -0.1) is 0 Å². The molecule has 1 aromatic rings. The highest BCUT2D eigenvalue weighted by Gasteiger charge is 2.05. The molecule has 1 aromatic carbocycles. The largest absolute Gasteiger partial charge is 0.396 e. The molecule has 14 heavy (non-hydrogen) atoms. The Morgan fingerprint density at radius 1 is 1.21 bits per heavy atom. The molecule has 0 saturated carbocycles. The molecular formula is C11H17NO2. The fourth-order valence-corrected chi connectivity index (χ4v) is 1.36. The maximum absolute atomic E-state index is 9.56. The van der Waals surface area contributed by atoms with Crippen LogP contribution in [0.1, 0.15) is 23.7 Å². The minimum Gasteiger partial charge on any atom is -0.396 e. The molecule has 4 N–H and O–H groups in total. The third-order valence-electron chi connectivity index (χ3n) is 2.20. The maximum Gasteiger partial charge on any atom is 0.0811 e. The summed E-state index contributed by atoms with van der Waals surface area (Å²) < 4.78 is 0. The zero-order chi connectivity index (χ0) is 10.4. The monoisotopic (exact) mass is 195 g/mol. The third kappa shape index (κ3) is 3.10.